The van der Waals surface area contributed by atoms with E-state index in [2.05, 4.69) is 10.3 Å². The van der Waals surface area contributed by atoms with Gasteiger partial charge >= 0.3 is 0 Å². The first kappa shape index (κ1) is 12.5. The Kier molecular flexibility index (Phi) is 3.89. The molecule has 4 heteroatoms. The zero-order valence-electron chi connectivity index (χ0n) is 10.4. The fourth-order valence-corrected chi connectivity index (χ4v) is 1.97. The lowest BCUT2D eigenvalue weighted by molar-refractivity contribution is 0.382. The molecule has 0 amide bonds. The number of rotatable bonds is 4. The van der Waals surface area contributed by atoms with Gasteiger partial charge in [0, 0.05) is 18.0 Å². The zero-order chi connectivity index (χ0) is 13.0. The third-order valence-electron chi connectivity index (χ3n) is 2.85. The Bertz CT molecular complexity index is 516. The van der Waals surface area contributed by atoms with Crippen LogP contribution in [0.4, 0.5) is 4.39 Å². The van der Waals surface area contributed by atoms with Gasteiger partial charge in [0.15, 0.2) is 11.6 Å². The van der Waals surface area contributed by atoms with Gasteiger partial charge in [-0.05, 0) is 30.8 Å². The number of ether oxygens (including phenoxy) is 1. The summed E-state index contributed by atoms with van der Waals surface area (Å²) in [6.07, 6.45) is 3.38. The molecular formula is C14H15FN2O. The summed E-state index contributed by atoms with van der Waals surface area (Å²) in [6.45, 7) is 0. The summed E-state index contributed by atoms with van der Waals surface area (Å²) < 4.78 is 19.2. The van der Waals surface area contributed by atoms with Crippen LogP contribution in [0.2, 0.25) is 0 Å². The third-order valence-corrected chi connectivity index (χ3v) is 2.85. The van der Waals surface area contributed by atoms with Gasteiger partial charge in [-0.2, -0.15) is 0 Å². The highest BCUT2D eigenvalue weighted by molar-refractivity contribution is 5.37. The molecule has 0 radical (unpaired) electrons. The molecule has 1 heterocycles. The van der Waals surface area contributed by atoms with Gasteiger partial charge in [0.2, 0.25) is 0 Å². The van der Waals surface area contributed by atoms with E-state index >= 15 is 0 Å². The molecule has 0 aliphatic rings. The second-order valence-corrected chi connectivity index (χ2v) is 3.87. The lowest BCUT2D eigenvalue weighted by Gasteiger charge is -2.18. The predicted octanol–water partition coefficient (Wildman–Crippen LogP) is 2.54. The summed E-state index contributed by atoms with van der Waals surface area (Å²) in [7, 11) is 3.26. The molecule has 18 heavy (non-hydrogen) atoms. The van der Waals surface area contributed by atoms with Crippen LogP contribution in [-0.4, -0.2) is 19.1 Å². The summed E-state index contributed by atoms with van der Waals surface area (Å²) >= 11 is 0. The lowest BCUT2D eigenvalue weighted by Crippen LogP contribution is -2.19. The van der Waals surface area contributed by atoms with Crippen LogP contribution in [0.3, 0.4) is 0 Å². The molecule has 1 atom stereocenters. The summed E-state index contributed by atoms with van der Waals surface area (Å²) in [5.41, 5.74) is 1.52. The van der Waals surface area contributed by atoms with Crippen molar-refractivity contribution in [2.24, 2.45) is 0 Å². The first-order valence-electron chi connectivity index (χ1n) is 5.67. The van der Waals surface area contributed by atoms with E-state index in [-0.39, 0.29) is 17.6 Å². The molecule has 2 aromatic rings. The third kappa shape index (κ3) is 2.33. The highest BCUT2D eigenvalue weighted by Gasteiger charge is 2.18. The van der Waals surface area contributed by atoms with Gasteiger partial charge in [-0.15, -0.1) is 0 Å². The van der Waals surface area contributed by atoms with E-state index in [4.69, 9.17) is 4.74 Å². The molecule has 0 aliphatic heterocycles. The lowest BCUT2D eigenvalue weighted by atomic mass is 9.99. The van der Waals surface area contributed by atoms with E-state index < -0.39 is 0 Å². The Morgan fingerprint density at radius 1 is 1.22 bits per heavy atom. The Labute approximate surface area is 106 Å². The second kappa shape index (κ2) is 5.60. The molecule has 0 spiro atoms. The fourth-order valence-electron chi connectivity index (χ4n) is 1.97. The number of nitrogens with zero attached hydrogens (tertiary/aromatic N) is 1. The molecule has 2 rings (SSSR count). The normalized spacial score (nSPS) is 12.2. The number of pyridine rings is 1. The van der Waals surface area contributed by atoms with Crippen molar-refractivity contribution in [2.45, 2.75) is 6.04 Å². The van der Waals surface area contributed by atoms with Crippen molar-refractivity contribution in [1.29, 1.82) is 0 Å². The van der Waals surface area contributed by atoms with E-state index in [0.717, 1.165) is 5.56 Å². The van der Waals surface area contributed by atoms with Gasteiger partial charge in [-0.1, -0.05) is 12.1 Å². The molecule has 1 aromatic heterocycles. The van der Waals surface area contributed by atoms with Gasteiger partial charge in [0.1, 0.15) is 0 Å². The van der Waals surface area contributed by atoms with E-state index in [1.807, 2.05) is 12.1 Å². The maximum atomic E-state index is 14.2. The van der Waals surface area contributed by atoms with Crippen molar-refractivity contribution in [2.75, 3.05) is 14.2 Å². The van der Waals surface area contributed by atoms with E-state index in [0.29, 0.717) is 5.56 Å². The van der Waals surface area contributed by atoms with E-state index in [1.54, 1.807) is 37.6 Å². The number of methoxy groups -OCH3 is 1. The first-order valence-corrected chi connectivity index (χ1v) is 5.67. The van der Waals surface area contributed by atoms with Crippen LogP contribution in [-0.2, 0) is 0 Å². The topological polar surface area (TPSA) is 34.2 Å². The standard InChI is InChI=1S/C14H15FN2O/c1-16-14(10-6-8-17-9-7-10)11-4-3-5-12(18-2)13(11)15/h3-9,14,16H,1-2H3. The monoisotopic (exact) mass is 246 g/mol. The van der Waals surface area contributed by atoms with Crippen molar-refractivity contribution in [3.05, 3.63) is 59.7 Å². The number of hydrogen-bond acceptors (Lipinski definition) is 3. The number of aromatic nitrogens is 1. The largest absolute Gasteiger partial charge is 0.494 e. The maximum Gasteiger partial charge on any atom is 0.170 e. The summed E-state index contributed by atoms with van der Waals surface area (Å²) in [4.78, 5) is 3.97. The van der Waals surface area contributed by atoms with Crippen LogP contribution in [0.5, 0.6) is 5.75 Å². The van der Waals surface area contributed by atoms with Gasteiger partial charge in [-0.25, -0.2) is 4.39 Å². The van der Waals surface area contributed by atoms with E-state index in [1.165, 1.54) is 7.11 Å². The number of hydrogen-bond donors (Lipinski definition) is 1. The van der Waals surface area contributed by atoms with Gasteiger partial charge in [0.05, 0.1) is 13.2 Å². The van der Waals surface area contributed by atoms with Crippen molar-refractivity contribution in [3.63, 3.8) is 0 Å². The highest BCUT2D eigenvalue weighted by Crippen LogP contribution is 2.28. The van der Waals surface area contributed by atoms with Crippen molar-refractivity contribution in [1.82, 2.24) is 10.3 Å². The van der Waals surface area contributed by atoms with Crippen molar-refractivity contribution < 1.29 is 9.13 Å². The van der Waals surface area contributed by atoms with E-state index in [9.17, 15) is 4.39 Å². The SMILES string of the molecule is CNC(c1ccncc1)c1cccc(OC)c1F. The molecule has 0 aliphatic carbocycles. The second-order valence-electron chi connectivity index (χ2n) is 3.87. The maximum absolute atomic E-state index is 14.2. The minimum Gasteiger partial charge on any atom is -0.494 e. The minimum absolute atomic E-state index is 0.219. The summed E-state index contributed by atoms with van der Waals surface area (Å²) in [5, 5.41) is 3.10. The first-order chi connectivity index (χ1) is 8.77. The quantitative estimate of drug-likeness (QED) is 0.900. The molecule has 1 N–H and O–H groups in total. The van der Waals surface area contributed by atoms with Gasteiger partial charge in [0.25, 0.3) is 0 Å². The average molecular weight is 246 g/mol. The van der Waals surface area contributed by atoms with Crippen LogP contribution in [0.1, 0.15) is 17.2 Å². The molecule has 94 valence electrons. The molecule has 3 nitrogen and oxygen atoms in total. The minimum atomic E-state index is -0.337. The van der Waals surface area contributed by atoms with Crippen LogP contribution < -0.4 is 10.1 Å². The molecule has 0 saturated carbocycles. The molecule has 1 aromatic carbocycles. The van der Waals surface area contributed by atoms with Crippen LogP contribution in [0.25, 0.3) is 0 Å². The Morgan fingerprint density at radius 3 is 2.56 bits per heavy atom. The Hall–Kier alpha value is -1.94. The Balaban J connectivity index is 2.46. The molecule has 0 saturated heterocycles. The highest BCUT2D eigenvalue weighted by atomic mass is 19.1. The van der Waals surface area contributed by atoms with Crippen LogP contribution >= 0.6 is 0 Å². The van der Waals surface area contributed by atoms with Gasteiger partial charge < -0.3 is 10.1 Å². The van der Waals surface area contributed by atoms with Crippen LogP contribution in [0.15, 0.2) is 42.7 Å². The average Bonchev–Trinajstić information content (AvgIpc) is 2.43. The van der Waals surface area contributed by atoms with Crippen molar-refractivity contribution in [3.8, 4) is 5.75 Å². The van der Waals surface area contributed by atoms with Crippen molar-refractivity contribution >= 4 is 0 Å². The molecule has 0 bridgehead atoms. The molecular weight excluding hydrogens is 231 g/mol. The molecule has 1 unspecified atom stereocenters. The number of benzene rings is 1. The molecule has 0 fully saturated rings. The number of nitrogens with one attached hydrogen (secondary N) is 1. The fraction of sp³-hybridized carbons (Fsp3) is 0.214. The van der Waals surface area contributed by atoms with Crippen LogP contribution in [0, 0.1) is 5.82 Å². The zero-order valence-corrected chi connectivity index (χ0v) is 10.4. The smallest absolute Gasteiger partial charge is 0.170 e. The number of halogens is 1. The summed E-state index contributed by atoms with van der Waals surface area (Å²) in [5.74, 6) is -0.0852. The van der Waals surface area contributed by atoms with Gasteiger partial charge in [-0.3, -0.25) is 4.98 Å². The Morgan fingerprint density at radius 2 is 1.94 bits per heavy atom. The predicted molar refractivity (Wildman–Crippen MR) is 68.1 cm³/mol. The summed E-state index contributed by atoms with van der Waals surface area (Å²) in [6, 6.07) is 8.64.